The van der Waals surface area contributed by atoms with Crippen molar-refractivity contribution in [3.05, 3.63) is 0 Å². The standard InChI is InChI=1S/C68H132O17P2/c1-6-9-12-15-18-21-24-25-28-33-39-44-49-54-68(73)85-64(58-79-66(71)52-47-42-37-34-29-30-35-40-45-50-61(4)5)60-83-87(76,77)81-56-62(69)55-80-86(74,75)82-59-63(84-67(72)53-48-43-38-32-27-23-20-17-14-11-8-3)57-78-65(70)51-46-41-36-31-26-22-19-16-13-10-7-2/h61-64,69H,6-60H2,1-5H3,(H,74,75)(H,76,77)/t62-,63+,64+/m0/s1. The molecular formula is C68H132O17P2. The van der Waals surface area contributed by atoms with E-state index in [-0.39, 0.29) is 25.7 Å². The summed E-state index contributed by atoms with van der Waals surface area (Å²) in [5.74, 6) is -1.38. The first-order valence-corrected chi connectivity index (χ1v) is 38.6. The first-order chi connectivity index (χ1) is 42.0. The minimum Gasteiger partial charge on any atom is -0.462 e. The molecule has 3 N–H and O–H groups in total. The van der Waals surface area contributed by atoms with Crippen LogP contribution in [-0.2, 0) is 65.4 Å². The van der Waals surface area contributed by atoms with Crippen LogP contribution in [0.15, 0.2) is 0 Å². The van der Waals surface area contributed by atoms with Gasteiger partial charge in [0, 0.05) is 25.7 Å². The third-order valence-corrected chi connectivity index (χ3v) is 17.7. The topological polar surface area (TPSA) is 237 Å². The summed E-state index contributed by atoms with van der Waals surface area (Å²) in [6, 6.07) is 0. The predicted molar refractivity (Wildman–Crippen MR) is 349 cm³/mol. The molecule has 2 unspecified atom stereocenters. The molecule has 0 spiro atoms. The second-order valence-corrected chi connectivity index (χ2v) is 27.9. The number of carbonyl (C=O) groups excluding carboxylic acids is 4. The summed E-state index contributed by atoms with van der Waals surface area (Å²) in [5, 5.41) is 10.6. The van der Waals surface area contributed by atoms with E-state index in [4.69, 9.17) is 37.0 Å². The molecule has 0 saturated heterocycles. The van der Waals surface area contributed by atoms with E-state index in [1.165, 1.54) is 173 Å². The highest BCUT2D eigenvalue weighted by atomic mass is 31.2. The second kappa shape index (κ2) is 61.6. The highest BCUT2D eigenvalue weighted by molar-refractivity contribution is 7.47. The molecule has 0 aliphatic carbocycles. The normalized spacial score (nSPS) is 14.1. The van der Waals surface area contributed by atoms with Gasteiger partial charge in [-0.1, -0.05) is 298 Å². The highest BCUT2D eigenvalue weighted by Crippen LogP contribution is 2.45. The van der Waals surface area contributed by atoms with Gasteiger partial charge >= 0.3 is 39.5 Å². The van der Waals surface area contributed by atoms with Crippen LogP contribution in [0.3, 0.4) is 0 Å². The zero-order valence-electron chi connectivity index (χ0n) is 56.2. The van der Waals surface area contributed by atoms with Gasteiger partial charge in [0.25, 0.3) is 0 Å². The van der Waals surface area contributed by atoms with E-state index in [1.807, 2.05) is 0 Å². The average molecular weight is 1280 g/mol. The Kier molecular flexibility index (Phi) is 60.2. The van der Waals surface area contributed by atoms with Crippen molar-refractivity contribution >= 4 is 39.5 Å². The lowest BCUT2D eigenvalue weighted by atomic mass is 10.0. The molecule has 0 aliphatic rings. The lowest BCUT2D eigenvalue weighted by Crippen LogP contribution is -2.30. The number of hydrogen-bond donors (Lipinski definition) is 3. The molecule has 17 nitrogen and oxygen atoms in total. The number of hydrogen-bond acceptors (Lipinski definition) is 15. The third kappa shape index (κ3) is 62.6. The molecule has 0 aromatic heterocycles. The van der Waals surface area contributed by atoms with Gasteiger partial charge < -0.3 is 33.8 Å². The number of phosphoric ester groups is 2. The third-order valence-electron chi connectivity index (χ3n) is 15.8. The van der Waals surface area contributed by atoms with Crippen molar-refractivity contribution < 1.29 is 80.2 Å². The van der Waals surface area contributed by atoms with E-state index < -0.39 is 97.5 Å². The monoisotopic (exact) mass is 1280 g/mol. The molecule has 0 aromatic rings. The molecule has 0 aromatic carbocycles. The van der Waals surface area contributed by atoms with Gasteiger partial charge in [-0.2, -0.15) is 0 Å². The first-order valence-electron chi connectivity index (χ1n) is 35.6. The average Bonchev–Trinajstić information content (AvgIpc) is 3.70. The fraction of sp³-hybridized carbons (Fsp3) is 0.941. The molecule has 0 rings (SSSR count). The summed E-state index contributed by atoms with van der Waals surface area (Å²) >= 11 is 0. The van der Waals surface area contributed by atoms with Gasteiger partial charge in [-0.3, -0.25) is 37.3 Å². The summed E-state index contributed by atoms with van der Waals surface area (Å²) in [4.78, 5) is 72.4. The first kappa shape index (κ1) is 85.1. The van der Waals surface area contributed by atoms with E-state index in [1.54, 1.807) is 0 Å². The van der Waals surface area contributed by atoms with Crippen LogP contribution in [-0.4, -0.2) is 96.7 Å². The maximum Gasteiger partial charge on any atom is 0.472 e. The smallest absolute Gasteiger partial charge is 0.462 e. The van der Waals surface area contributed by atoms with Crippen LogP contribution in [0.25, 0.3) is 0 Å². The number of unbranched alkanes of at least 4 members (excludes halogenated alkanes) is 40. The van der Waals surface area contributed by atoms with E-state index in [9.17, 15) is 43.2 Å². The number of carbonyl (C=O) groups is 4. The van der Waals surface area contributed by atoms with Crippen LogP contribution in [0.1, 0.15) is 349 Å². The molecule has 19 heteroatoms. The van der Waals surface area contributed by atoms with Crippen LogP contribution in [0, 0.1) is 5.92 Å². The summed E-state index contributed by atoms with van der Waals surface area (Å²) in [6.45, 7) is 7.21. The van der Waals surface area contributed by atoms with Crippen LogP contribution in [0.5, 0.6) is 0 Å². The number of phosphoric acid groups is 2. The van der Waals surface area contributed by atoms with Crippen molar-refractivity contribution in [2.45, 2.75) is 368 Å². The van der Waals surface area contributed by atoms with E-state index in [0.29, 0.717) is 25.7 Å². The summed E-state index contributed by atoms with van der Waals surface area (Å²) in [6.07, 6.45) is 47.0. The second-order valence-electron chi connectivity index (χ2n) is 25.0. The Bertz CT molecular complexity index is 1690. The molecule has 0 radical (unpaired) electrons. The van der Waals surface area contributed by atoms with E-state index >= 15 is 0 Å². The Morgan fingerprint density at radius 3 is 0.782 bits per heavy atom. The van der Waals surface area contributed by atoms with E-state index in [2.05, 4.69) is 34.6 Å². The van der Waals surface area contributed by atoms with E-state index in [0.717, 1.165) is 95.8 Å². The summed E-state index contributed by atoms with van der Waals surface area (Å²) < 4.78 is 68.2. The molecule has 0 saturated carbocycles. The van der Waals surface area contributed by atoms with Gasteiger partial charge in [0.1, 0.15) is 19.3 Å². The number of rotatable bonds is 68. The number of aliphatic hydroxyl groups is 1. The van der Waals surface area contributed by atoms with Crippen LogP contribution < -0.4 is 0 Å². The minimum absolute atomic E-state index is 0.107. The number of esters is 4. The molecule has 0 fully saturated rings. The molecule has 0 heterocycles. The Morgan fingerprint density at radius 2 is 0.529 bits per heavy atom. The molecular weight excluding hydrogens is 1150 g/mol. The minimum atomic E-state index is -4.95. The van der Waals surface area contributed by atoms with Gasteiger partial charge in [0.05, 0.1) is 26.4 Å². The zero-order valence-corrected chi connectivity index (χ0v) is 57.9. The van der Waals surface area contributed by atoms with Gasteiger partial charge in [-0.25, -0.2) is 9.13 Å². The number of ether oxygens (including phenoxy) is 4. The highest BCUT2D eigenvalue weighted by Gasteiger charge is 2.30. The molecule has 5 atom stereocenters. The number of aliphatic hydroxyl groups excluding tert-OH is 1. The van der Waals surface area contributed by atoms with Crippen LogP contribution >= 0.6 is 15.6 Å². The lowest BCUT2D eigenvalue weighted by molar-refractivity contribution is -0.161. The lowest BCUT2D eigenvalue weighted by Gasteiger charge is -2.21. The fourth-order valence-electron chi connectivity index (χ4n) is 10.3. The Morgan fingerprint density at radius 1 is 0.310 bits per heavy atom. The van der Waals surface area contributed by atoms with Crippen molar-refractivity contribution in [1.29, 1.82) is 0 Å². The Balaban J connectivity index is 5.25. The van der Waals surface area contributed by atoms with Crippen molar-refractivity contribution in [3.63, 3.8) is 0 Å². The van der Waals surface area contributed by atoms with Crippen molar-refractivity contribution in [2.75, 3.05) is 39.6 Å². The van der Waals surface area contributed by atoms with Crippen molar-refractivity contribution in [2.24, 2.45) is 5.92 Å². The summed E-state index contributed by atoms with van der Waals surface area (Å²) in [5.41, 5.74) is 0. The molecule has 0 amide bonds. The molecule has 87 heavy (non-hydrogen) atoms. The van der Waals surface area contributed by atoms with Gasteiger partial charge in [-0.05, 0) is 31.6 Å². The quantitative estimate of drug-likeness (QED) is 0.0222. The Labute approximate surface area is 530 Å². The maximum absolute atomic E-state index is 13.0. The predicted octanol–water partition coefficient (Wildman–Crippen LogP) is 19.4. The fourth-order valence-corrected chi connectivity index (χ4v) is 11.9. The molecule has 516 valence electrons. The summed E-state index contributed by atoms with van der Waals surface area (Å²) in [7, 11) is -9.89. The Hall–Kier alpha value is -1.94. The van der Waals surface area contributed by atoms with Gasteiger partial charge in [0.2, 0.25) is 0 Å². The molecule has 0 bridgehead atoms. The SMILES string of the molecule is CCCCCCCCCCCCCCCC(=O)O[C@H](COC(=O)CCCCCCCCCCCC(C)C)COP(=O)(O)OC[C@@H](O)COP(=O)(O)OC[C@@H](COC(=O)CCCCCCCCCCCCC)OC(=O)CCCCCCCCCCCCC. The van der Waals surface area contributed by atoms with Crippen LogP contribution in [0.2, 0.25) is 0 Å². The zero-order chi connectivity index (χ0) is 64.2. The van der Waals surface area contributed by atoms with Crippen molar-refractivity contribution in [3.8, 4) is 0 Å². The molecule has 0 aliphatic heterocycles. The largest absolute Gasteiger partial charge is 0.472 e. The van der Waals surface area contributed by atoms with Gasteiger partial charge in [-0.15, -0.1) is 0 Å². The van der Waals surface area contributed by atoms with Crippen LogP contribution in [0.4, 0.5) is 0 Å². The van der Waals surface area contributed by atoms with Crippen molar-refractivity contribution in [1.82, 2.24) is 0 Å². The maximum atomic E-state index is 13.0. The van der Waals surface area contributed by atoms with Gasteiger partial charge in [0.15, 0.2) is 12.2 Å².